The predicted octanol–water partition coefficient (Wildman–Crippen LogP) is 2.61. The van der Waals surface area contributed by atoms with Crippen LogP contribution in [0.1, 0.15) is 6.92 Å². The highest BCUT2D eigenvalue weighted by atomic mass is 35.5. The fraction of sp³-hybridized carbons (Fsp3) is 0.389. The first-order valence-corrected chi connectivity index (χ1v) is 8.74. The molecule has 1 fully saturated rings. The molecule has 0 unspecified atom stereocenters. The normalized spacial score (nSPS) is 17.3. The molecule has 0 spiro atoms. The van der Waals surface area contributed by atoms with Crippen molar-refractivity contribution in [2.75, 3.05) is 38.3 Å². The highest BCUT2D eigenvalue weighted by Crippen LogP contribution is 2.29. The summed E-state index contributed by atoms with van der Waals surface area (Å²) < 4.78 is 10.7. The van der Waals surface area contributed by atoms with Crippen LogP contribution in [0.3, 0.4) is 0 Å². The van der Waals surface area contributed by atoms with Crippen LogP contribution in [-0.2, 0) is 9.53 Å². The maximum absolute atomic E-state index is 12.1. The quantitative estimate of drug-likeness (QED) is 0.799. The molecule has 0 radical (unpaired) electrons. The molecule has 1 aromatic carbocycles. The van der Waals surface area contributed by atoms with Gasteiger partial charge in [-0.1, -0.05) is 23.7 Å². The van der Waals surface area contributed by atoms with Gasteiger partial charge in [0.1, 0.15) is 24.5 Å². The number of para-hydroxylation sites is 1. The predicted molar refractivity (Wildman–Crippen MR) is 98.8 cm³/mol. The molecule has 0 bridgehead atoms. The highest BCUT2D eigenvalue weighted by Gasteiger charge is 2.28. The Hall–Kier alpha value is -2.38. The number of methoxy groups -OCH3 is 1. The fourth-order valence-electron chi connectivity index (χ4n) is 2.94. The molecule has 1 aliphatic rings. The zero-order chi connectivity index (χ0) is 18.5. The first-order valence-electron chi connectivity index (χ1n) is 8.36. The van der Waals surface area contributed by atoms with E-state index >= 15 is 0 Å². The van der Waals surface area contributed by atoms with E-state index in [0.29, 0.717) is 36.3 Å². The Balaban J connectivity index is 1.69. The number of piperazine rings is 1. The van der Waals surface area contributed by atoms with E-state index < -0.39 is 0 Å². The van der Waals surface area contributed by atoms with Crippen LogP contribution in [0, 0.1) is 0 Å². The zero-order valence-electron chi connectivity index (χ0n) is 14.8. The number of nitrogens with zero attached hydrogens (tertiary/aromatic N) is 4. The van der Waals surface area contributed by atoms with Gasteiger partial charge in [0.2, 0.25) is 11.8 Å². The molecule has 0 aliphatic carbocycles. The summed E-state index contributed by atoms with van der Waals surface area (Å²) in [6.07, 6.45) is 1.47. The fourth-order valence-corrected chi connectivity index (χ4v) is 3.12. The number of amides is 1. The minimum absolute atomic E-state index is 0.00470. The Morgan fingerprint density at radius 3 is 2.85 bits per heavy atom. The van der Waals surface area contributed by atoms with Crippen molar-refractivity contribution in [3.05, 3.63) is 41.7 Å². The number of carbonyl (C=O) groups is 1. The molecule has 8 heteroatoms. The monoisotopic (exact) mass is 376 g/mol. The van der Waals surface area contributed by atoms with Gasteiger partial charge in [-0.15, -0.1) is 0 Å². The van der Waals surface area contributed by atoms with Crippen molar-refractivity contribution >= 4 is 23.3 Å². The van der Waals surface area contributed by atoms with Crippen molar-refractivity contribution in [2.45, 2.75) is 13.0 Å². The van der Waals surface area contributed by atoms with E-state index in [2.05, 4.69) is 14.9 Å². The van der Waals surface area contributed by atoms with Crippen LogP contribution in [0.15, 0.2) is 36.7 Å². The lowest BCUT2D eigenvalue weighted by Crippen LogP contribution is -2.55. The molecule has 2 heterocycles. The Morgan fingerprint density at radius 2 is 2.12 bits per heavy atom. The minimum Gasteiger partial charge on any atom is -0.437 e. The van der Waals surface area contributed by atoms with E-state index in [4.69, 9.17) is 21.1 Å². The minimum atomic E-state index is 0.00470. The smallest absolute Gasteiger partial charge is 0.248 e. The lowest BCUT2D eigenvalue weighted by molar-refractivity contribution is -0.137. The van der Waals surface area contributed by atoms with Gasteiger partial charge < -0.3 is 19.3 Å². The summed E-state index contributed by atoms with van der Waals surface area (Å²) in [5.74, 6) is 1.73. The molecular weight excluding hydrogens is 356 g/mol. The molecule has 26 heavy (non-hydrogen) atoms. The average molecular weight is 377 g/mol. The molecule has 0 saturated carbocycles. The number of rotatable bonds is 5. The van der Waals surface area contributed by atoms with Crippen molar-refractivity contribution < 1.29 is 14.3 Å². The molecule has 1 saturated heterocycles. The van der Waals surface area contributed by atoms with Gasteiger partial charge in [0.15, 0.2) is 0 Å². The summed E-state index contributed by atoms with van der Waals surface area (Å²) in [5.41, 5.74) is 0. The second-order valence-corrected chi connectivity index (χ2v) is 6.47. The second-order valence-electron chi connectivity index (χ2n) is 6.06. The third kappa shape index (κ3) is 4.23. The lowest BCUT2D eigenvalue weighted by Gasteiger charge is -2.40. The molecule has 2 aromatic rings. The summed E-state index contributed by atoms with van der Waals surface area (Å²) in [6, 6.07) is 9.08. The molecule has 1 aromatic heterocycles. The van der Waals surface area contributed by atoms with E-state index in [9.17, 15) is 4.79 Å². The topological polar surface area (TPSA) is 67.8 Å². The van der Waals surface area contributed by atoms with Crippen molar-refractivity contribution in [1.82, 2.24) is 14.9 Å². The Bertz CT molecular complexity index is 774. The van der Waals surface area contributed by atoms with Gasteiger partial charge in [0, 0.05) is 38.9 Å². The SMILES string of the molecule is COCC(=O)N1CCN(c2cc(Oc3ccccc3Cl)ncn2)C[C@@H]1C. The van der Waals surface area contributed by atoms with Gasteiger partial charge in [-0.3, -0.25) is 4.79 Å². The highest BCUT2D eigenvalue weighted by molar-refractivity contribution is 6.32. The molecule has 1 amide bonds. The molecule has 3 rings (SSSR count). The number of aromatic nitrogens is 2. The van der Waals surface area contributed by atoms with Crippen LogP contribution in [0.25, 0.3) is 0 Å². The molecule has 1 atom stereocenters. The van der Waals surface area contributed by atoms with E-state index in [1.54, 1.807) is 18.2 Å². The standard InChI is InChI=1S/C18H21ClN4O3/c1-13-10-22(7-8-23(13)18(24)11-25-2)16-9-17(21-12-20-16)26-15-6-4-3-5-14(15)19/h3-6,9,12-13H,7-8,10-11H2,1-2H3/t13-/m0/s1. The molecule has 138 valence electrons. The molecule has 7 nitrogen and oxygen atoms in total. The second kappa shape index (κ2) is 8.33. The molecule has 0 N–H and O–H groups in total. The summed E-state index contributed by atoms with van der Waals surface area (Å²) in [7, 11) is 1.53. The largest absolute Gasteiger partial charge is 0.437 e. The number of carbonyl (C=O) groups excluding carboxylic acids is 1. The lowest BCUT2D eigenvalue weighted by atomic mass is 10.2. The summed E-state index contributed by atoms with van der Waals surface area (Å²) in [4.78, 5) is 24.5. The summed E-state index contributed by atoms with van der Waals surface area (Å²) in [5, 5.41) is 0.520. The first-order chi connectivity index (χ1) is 12.6. The number of hydrogen-bond donors (Lipinski definition) is 0. The van der Waals surface area contributed by atoms with E-state index in [1.807, 2.05) is 24.0 Å². The van der Waals surface area contributed by atoms with E-state index in [-0.39, 0.29) is 18.6 Å². The third-order valence-corrected chi connectivity index (χ3v) is 4.53. The first kappa shape index (κ1) is 18.4. The average Bonchev–Trinajstić information content (AvgIpc) is 2.64. The van der Waals surface area contributed by atoms with Crippen molar-refractivity contribution in [3.8, 4) is 11.6 Å². The molecule has 1 aliphatic heterocycles. The van der Waals surface area contributed by atoms with Crippen LogP contribution in [0.5, 0.6) is 11.6 Å². The van der Waals surface area contributed by atoms with E-state index in [1.165, 1.54) is 13.4 Å². The van der Waals surface area contributed by atoms with Gasteiger partial charge in [-0.25, -0.2) is 9.97 Å². The number of ether oxygens (including phenoxy) is 2. The summed E-state index contributed by atoms with van der Waals surface area (Å²) >= 11 is 6.13. The van der Waals surface area contributed by atoms with Crippen LogP contribution >= 0.6 is 11.6 Å². The number of benzene rings is 1. The van der Waals surface area contributed by atoms with Crippen molar-refractivity contribution in [3.63, 3.8) is 0 Å². The van der Waals surface area contributed by atoms with Crippen LogP contribution < -0.4 is 9.64 Å². The maximum Gasteiger partial charge on any atom is 0.248 e. The van der Waals surface area contributed by atoms with Crippen LogP contribution in [0.4, 0.5) is 5.82 Å². The molecular formula is C18H21ClN4O3. The van der Waals surface area contributed by atoms with Crippen molar-refractivity contribution in [1.29, 1.82) is 0 Å². The van der Waals surface area contributed by atoms with Gasteiger partial charge in [0.05, 0.1) is 5.02 Å². The Kier molecular flexibility index (Phi) is 5.90. The summed E-state index contributed by atoms with van der Waals surface area (Å²) in [6.45, 7) is 4.10. The van der Waals surface area contributed by atoms with Crippen molar-refractivity contribution in [2.24, 2.45) is 0 Å². The van der Waals surface area contributed by atoms with Gasteiger partial charge in [-0.2, -0.15) is 0 Å². The van der Waals surface area contributed by atoms with Gasteiger partial charge in [0.25, 0.3) is 0 Å². The Morgan fingerprint density at radius 1 is 1.31 bits per heavy atom. The number of halogens is 1. The number of hydrogen-bond acceptors (Lipinski definition) is 6. The number of anilines is 1. The van der Waals surface area contributed by atoms with Crippen LogP contribution in [-0.4, -0.2) is 60.2 Å². The zero-order valence-corrected chi connectivity index (χ0v) is 15.5. The maximum atomic E-state index is 12.1. The van der Waals surface area contributed by atoms with E-state index in [0.717, 1.165) is 5.82 Å². The third-order valence-electron chi connectivity index (χ3n) is 4.22. The van der Waals surface area contributed by atoms with Gasteiger partial charge in [-0.05, 0) is 19.1 Å². The van der Waals surface area contributed by atoms with Gasteiger partial charge >= 0.3 is 0 Å². The Labute approximate surface area is 157 Å². The van der Waals surface area contributed by atoms with Crippen LogP contribution in [0.2, 0.25) is 5.02 Å².